The number of carbonyl (C=O) groups is 1. The molecule has 0 aliphatic carbocycles. The van der Waals surface area contributed by atoms with E-state index < -0.39 is 6.10 Å². The molecule has 0 N–H and O–H groups in total. The van der Waals surface area contributed by atoms with Crippen molar-refractivity contribution in [1.82, 2.24) is 4.90 Å². The molecule has 4 heteroatoms. The molecule has 98 valence electrons. The van der Waals surface area contributed by atoms with Gasteiger partial charge in [0.15, 0.2) is 6.29 Å². The smallest absolute Gasteiger partial charge is 0.153 e. The number of aldehydes is 1. The molecule has 0 bridgehead atoms. The molecule has 0 spiro atoms. The van der Waals surface area contributed by atoms with Gasteiger partial charge in [-0.05, 0) is 11.1 Å². The first-order chi connectivity index (χ1) is 8.83. The fourth-order valence-corrected chi connectivity index (χ4v) is 2.10. The molecule has 4 nitrogen and oxygen atoms in total. The molecule has 1 aromatic rings. The Morgan fingerprint density at radius 2 is 2.00 bits per heavy atom. The van der Waals surface area contributed by atoms with Crippen LogP contribution in [0.15, 0.2) is 24.3 Å². The number of nitrogens with zero attached hydrogens (tertiary/aromatic N) is 1. The van der Waals surface area contributed by atoms with Crippen molar-refractivity contribution in [3.63, 3.8) is 0 Å². The van der Waals surface area contributed by atoms with Gasteiger partial charge >= 0.3 is 0 Å². The van der Waals surface area contributed by atoms with E-state index >= 15 is 0 Å². The van der Waals surface area contributed by atoms with Crippen LogP contribution < -0.4 is 0 Å². The van der Waals surface area contributed by atoms with Gasteiger partial charge in [0.05, 0.1) is 13.2 Å². The number of benzene rings is 1. The van der Waals surface area contributed by atoms with E-state index in [-0.39, 0.29) is 0 Å². The van der Waals surface area contributed by atoms with E-state index in [4.69, 9.17) is 9.47 Å². The molecule has 1 heterocycles. The standard InChI is InChI=1S/C14H19NO3/c1-17-14(11-16)13-4-2-12(3-5-13)10-15-6-8-18-9-7-15/h2-5,11,14H,6-10H2,1H3. The summed E-state index contributed by atoms with van der Waals surface area (Å²) in [5, 5.41) is 0. The maximum Gasteiger partial charge on any atom is 0.153 e. The lowest BCUT2D eigenvalue weighted by Crippen LogP contribution is -2.35. The van der Waals surface area contributed by atoms with E-state index in [1.807, 2.05) is 12.1 Å². The Morgan fingerprint density at radius 3 is 2.56 bits per heavy atom. The molecular formula is C14H19NO3. The molecule has 0 radical (unpaired) electrons. The number of methoxy groups -OCH3 is 1. The summed E-state index contributed by atoms with van der Waals surface area (Å²) in [6.45, 7) is 4.53. The first-order valence-electron chi connectivity index (χ1n) is 6.20. The molecule has 1 unspecified atom stereocenters. The lowest BCUT2D eigenvalue weighted by atomic mass is 10.1. The van der Waals surface area contributed by atoms with Crippen LogP contribution in [0.5, 0.6) is 0 Å². The zero-order valence-electron chi connectivity index (χ0n) is 10.7. The van der Waals surface area contributed by atoms with Gasteiger partial charge < -0.3 is 14.3 Å². The minimum atomic E-state index is -0.456. The Hall–Kier alpha value is -1.23. The molecular weight excluding hydrogens is 230 g/mol. The highest BCUT2D eigenvalue weighted by Gasteiger charge is 2.12. The molecule has 1 aliphatic heterocycles. The number of hydrogen-bond acceptors (Lipinski definition) is 4. The monoisotopic (exact) mass is 249 g/mol. The normalized spacial score (nSPS) is 18.5. The molecule has 2 rings (SSSR count). The minimum Gasteiger partial charge on any atom is -0.379 e. The number of morpholine rings is 1. The van der Waals surface area contributed by atoms with Crippen molar-refractivity contribution in [2.75, 3.05) is 33.4 Å². The van der Waals surface area contributed by atoms with Gasteiger partial charge in [-0.2, -0.15) is 0 Å². The second-order valence-electron chi connectivity index (χ2n) is 4.42. The Kier molecular flexibility index (Phi) is 4.87. The molecule has 1 atom stereocenters. The third-order valence-corrected chi connectivity index (χ3v) is 3.20. The average molecular weight is 249 g/mol. The highest BCUT2D eigenvalue weighted by atomic mass is 16.5. The number of rotatable bonds is 5. The van der Waals surface area contributed by atoms with E-state index in [0.29, 0.717) is 0 Å². The minimum absolute atomic E-state index is 0.456. The summed E-state index contributed by atoms with van der Waals surface area (Å²) >= 11 is 0. The SMILES string of the molecule is COC(C=O)c1ccc(CN2CCOCC2)cc1. The van der Waals surface area contributed by atoms with E-state index in [0.717, 1.165) is 44.7 Å². The average Bonchev–Trinajstić information content (AvgIpc) is 2.43. The van der Waals surface area contributed by atoms with Gasteiger partial charge in [0.1, 0.15) is 6.10 Å². The topological polar surface area (TPSA) is 38.8 Å². The van der Waals surface area contributed by atoms with E-state index in [9.17, 15) is 4.79 Å². The Balaban J connectivity index is 1.96. The van der Waals surface area contributed by atoms with Gasteiger partial charge in [-0.25, -0.2) is 0 Å². The summed E-state index contributed by atoms with van der Waals surface area (Å²) in [4.78, 5) is 13.2. The van der Waals surface area contributed by atoms with Gasteiger partial charge in [0, 0.05) is 26.7 Å². The van der Waals surface area contributed by atoms with Gasteiger partial charge in [-0.1, -0.05) is 24.3 Å². The van der Waals surface area contributed by atoms with Crippen molar-refractivity contribution in [2.45, 2.75) is 12.6 Å². The maximum atomic E-state index is 10.8. The Labute approximate surface area is 107 Å². The van der Waals surface area contributed by atoms with Crippen molar-refractivity contribution < 1.29 is 14.3 Å². The number of ether oxygens (including phenoxy) is 2. The molecule has 1 saturated heterocycles. The van der Waals surface area contributed by atoms with Gasteiger partial charge in [-0.15, -0.1) is 0 Å². The van der Waals surface area contributed by atoms with E-state index in [2.05, 4.69) is 17.0 Å². The molecule has 0 amide bonds. The highest BCUT2D eigenvalue weighted by Crippen LogP contribution is 2.16. The molecule has 18 heavy (non-hydrogen) atoms. The second kappa shape index (κ2) is 6.64. The van der Waals surface area contributed by atoms with Crippen LogP contribution in [0.2, 0.25) is 0 Å². The van der Waals surface area contributed by atoms with Gasteiger partial charge in [0.2, 0.25) is 0 Å². The summed E-state index contributed by atoms with van der Waals surface area (Å²) in [5.74, 6) is 0. The van der Waals surface area contributed by atoms with Crippen LogP contribution in [0.1, 0.15) is 17.2 Å². The first kappa shape index (κ1) is 13.2. The van der Waals surface area contributed by atoms with Crippen molar-refractivity contribution in [3.05, 3.63) is 35.4 Å². The fourth-order valence-electron chi connectivity index (χ4n) is 2.10. The summed E-state index contributed by atoms with van der Waals surface area (Å²) < 4.78 is 10.4. The zero-order valence-corrected chi connectivity index (χ0v) is 10.7. The quantitative estimate of drug-likeness (QED) is 0.740. The van der Waals surface area contributed by atoms with Crippen molar-refractivity contribution >= 4 is 6.29 Å². The van der Waals surface area contributed by atoms with Crippen molar-refractivity contribution in [2.24, 2.45) is 0 Å². The third-order valence-electron chi connectivity index (χ3n) is 3.20. The summed E-state index contributed by atoms with van der Waals surface area (Å²) in [6, 6.07) is 8.03. The van der Waals surface area contributed by atoms with Crippen LogP contribution >= 0.6 is 0 Å². The van der Waals surface area contributed by atoms with E-state index in [1.54, 1.807) is 7.11 Å². The van der Waals surface area contributed by atoms with Crippen molar-refractivity contribution in [1.29, 1.82) is 0 Å². The van der Waals surface area contributed by atoms with Crippen LogP contribution in [-0.4, -0.2) is 44.6 Å². The lowest BCUT2D eigenvalue weighted by Gasteiger charge is -2.26. The Bertz CT molecular complexity index is 371. The predicted molar refractivity (Wildman–Crippen MR) is 68.4 cm³/mol. The van der Waals surface area contributed by atoms with Gasteiger partial charge in [0.25, 0.3) is 0 Å². The summed E-state index contributed by atoms with van der Waals surface area (Å²) in [6.07, 6.45) is 0.360. The van der Waals surface area contributed by atoms with Crippen LogP contribution in [0.4, 0.5) is 0 Å². The van der Waals surface area contributed by atoms with E-state index in [1.165, 1.54) is 5.56 Å². The highest BCUT2D eigenvalue weighted by molar-refractivity contribution is 5.59. The largest absolute Gasteiger partial charge is 0.379 e. The maximum absolute atomic E-state index is 10.8. The third kappa shape index (κ3) is 3.38. The lowest BCUT2D eigenvalue weighted by molar-refractivity contribution is -0.116. The Morgan fingerprint density at radius 1 is 1.33 bits per heavy atom. The molecule has 1 fully saturated rings. The zero-order chi connectivity index (χ0) is 12.8. The number of hydrogen-bond donors (Lipinski definition) is 0. The van der Waals surface area contributed by atoms with Crippen LogP contribution in [0.3, 0.4) is 0 Å². The first-order valence-corrected chi connectivity index (χ1v) is 6.20. The fraction of sp³-hybridized carbons (Fsp3) is 0.500. The predicted octanol–water partition coefficient (Wildman–Crippen LogP) is 1.41. The molecule has 1 aromatic carbocycles. The van der Waals surface area contributed by atoms with Crippen LogP contribution in [0.25, 0.3) is 0 Å². The molecule has 0 saturated carbocycles. The van der Waals surface area contributed by atoms with Crippen LogP contribution in [0, 0.1) is 0 Å². The van der Waals surface area contributed by atoms with Gasteiger partial charge in [-0.3, -0.25) is 4.90 Å². The van der Waals surface area contributed by atoms with Crippen LogP contribution in [-0.2, 0) is 20.8 Å². The molecule has 1 aliphatic rings. The second-order valence-corrected chi connectivity index (χ2v) is 4.42. The molecule has 0 aromatic heterocycles. The summed E-state index contributed by atoms with van der Waals surface area (Å²) in [5.41, 5.74) is 2.15. The summed E-state index contributed by atoms with van der Waals surface area (Å²) in [7, 11) is 1.54. The van der Waals surface area contributed by atoms with Crippen molar-refractivity contribution in [3.8, 4) is 0 Å². The number of carbonyl (C=O) groups excluding carboxylic acids is 1.